The van der Waals surface area contributed by atoms with E-state index < -0.39 is 14.4 Å². The van der Waals surface area contributed by atoms with E-state index in [-0.39, 0.29) is 11.1 Å². The van der Waals surface area contributed by atoms with Crippen LogP contribution >= 0.6 is 0 Å². The summed E-state index contributed by atoms with van der Waals surface area (Å²) in [7, 11) is -1.75. The highest BCUT2D eigenvalue weighted by Crippen LogP contribution is 2.37. The lowest BCUT2D eigenvalue weighted by Gasteiger charge is -2.39. The molecule has 0 spiro atoms. The minimum atomic E-state index is -1.75. The highest BCUT2D eigenvalue weighted by molar-refractivity contribution is 6.74. The minimum Gasteiger partial charge on any atom is -0.410 e. The third-order valence-electron chi connectivity index (χ3n) is 3.34. The molecule has 0 saturated heterocycles. The molecule has 0 aromatic rings. The first kappa shape index (κ1) is 14.9. The van der Waals surface area contributed by atoms with Crippen molar-refractivity contribution in [2.75, 3.05) is 0 Å². The first-order chi connectivity index (χ1) is 6.49. The van der Waals surface area contributed by atoms with Crippen molar-refractivity contribution in [3.05, 3.63) is 12.2 Å². The van der Waals surface area contributed by atoms with Gasteiger partial charge in [0.2, 0.25) is 0 Å². The zero-order valence-corrected chi connectivity index (χ0v) is 12.2. The Labute approximate surface area is 95.5 Å². The van der Waals surface area contributed by atoms with E-state index in [1.807, 2.05) is 6.92 Å². The molecule has 0 aliphatic carbocycles. The van der Waals surface area contributed by atoms with Crippen LogP contribution in [0.25, 0.3) is 0 Å². The number of hydrogen-bond donors (Lipinski definition) is 1. The maximum atomic E-state index is 9.43. The van der Waals surface area contributed by atoms with Gasteiger partial charge in [0.15, 0.2) is 8.32 Å². The molecule has 0 heterocycles. The van der Waals surface area contributed by atoms with Gasteiger partial charge in [-0.25, -0.2) is 0 Å². The van der Waals surface area contributed by atoms with Crippen LogP contribution in [0.1, 0.15) is 34.6 Å². The molecule has 1 N–H and O–H groups in total. The Morgan fingerprint density at radius 2 is 1.67 bits per heavy atom. The van der Waals surface area contributed by atoms with Crippen LogP contribution < -0.4 is 0 Å². The van der Waals surface area contributed by atoms with Crippen molar-refractivity contribution in [3.63, 3.8) is 0 Å². The Kier molecular flexibility index (Phi) is 4.77. The number of aliphatic hydroxyl groups excluding tert-OH is 1. The third kappa shape index (κ3) is 4.09. The average Bonchev–Trinajstić information content (AvgIpc) is 1.99. The van der Waals surface area contributed by atoms with Gasteiger partial charge < -0.3 is 9.53 Å². The monoisotopic (exact) mass is 230 g/mol. The molecule has 0 aliphatic rings. The predicted molar refractivity (Wildman–Crippen MR) is 68.6 cm³/mol. The van der Waals surface area contributed by atoms with E-state index in [0.717, 1.165) is 5.57 Å². The summed E-state index contributed by atoms with van der Waals surface area (Å²) < 4.78 is 6.10. The third-order valence-corrected chi connectivity index (χ3v) is 7.89. The van der Waals surface area contributed by atoms with Gasteiger partial charge in [-0.1, -0.05) is 27.4 Å². The molecule has 0 aliphatic heterocycles. The van der Waals surface area contributed by atoms with Crippen LogP contribution in [0.3, 0.4) is 0 Å². The van der Waals surface area contributed by atoms with Crippen LogP contribution in [0.15, 0.2) is 12.2 Å². The van der Waals surface area contributed by atoms with Gasteiger partial charge >= 0.3 is 0 Å². The molecule has 0 amide bonds. The van der Waals surface area contributed by atoms with E-state index in [1.165, 1.54) is 0 Å². The SMILES string of the molecule is C=C([C@H](C)O)[C@H](C)O[Si](C)(C)C(C)(C)C. The Morgan fingerprint density at radius 3 is 1.93 bits per heavy atom. The van der Waals surface area contributed by atoms with E-state index in [1.54, 1.807) is 6.92 Å². The lowest BCUT2D eigenvalue weighted by Crippen LogP contribution is -2.44. The van der Waals surface area contributed by atoms with E-state index in [0.29, 0.717) is 0 Å². The molecule has 2 nitrogen and oxygen atoms in total. The standard InChI is InChI=1S/C12H26O2Si/c1-9(10(2)13)11(3)14-15(7,8)12(4,5)6/h10-11,13H,1H2,2-8H3/t10-,11-/m0/s1. The predicted octanol–water partition coefficient (Wildman–Crippen LogP) is 3.33. The quantitative estimate of drug-likeness (QED) is 0.593. The molecule has 0 unspecified atom stereocenters. The fourth-order valence-electron chi connectivity index (χ4n) is 1.03. The fraction of sp³-hybridized carbons (Fsp3) is 0.833. The summed E-state index contributed by atoms with van der Waals surface area (Å²) in [5, 5.41) is 9.62. The van der Waals surface area contributed by atoms with Crippen LogP contribution in [0, 0.1) is 0 Å². The lowest BCUT2D eigenvalue weighted by atomic mass is 10.1. The molecular weight excluding hydrogens is 204 g/mol. The second-order valence-corrected chi connectivity index (χ2v) is 10.5. The van der Waals surface area contributed by atoms with Crippen molar-refractivity contribution in [1.29, 1.82) is 0 Å². The summed E-state index contributed by atoms with van der Waals surface area (Å²) in [6, 6.07) is 0. The molecule has 2 atom stereocenters. The Hall–Kier alpha value is -0.123. The first-order valence-electron chi connectivity index (χ1n) is 5.53. The van der Waals surface area contributed by atoms with Gasteiger partial charge in [-0.3, -0.25) is 0 Å². The molecule has 0 aromatic carbocycles. The van der Waals surface area contributed by atoms with Crippen molar-refractivity contribution >= 4 is 8.32 Å². The van der Waals surface area contributed by atoms with Crippen molar-refractivity contribution < 1.29 is 9.53 Å². The molecule has 0 saturated carbocycles. The zero-order chi connectivity index (χ0) is 12.4. The van der Waals surface area contributed by atoms with Crippen LogP contribution in [0.4, 0.5) is 0 Å². The number of aliphatic hydroxyl groups is 1. The normalized spacial score (nSPS) is 17.3. The lowest BCUT2D eigenvalue weighted by molar-refractivity contribution is 0.168. The summed E-state index contributed by atoms with van der Waals surface area (Å²) in [4.78, 5) is 0. The summed E-state index contributed by atoms with van der Waals surface area (Å²) in [6.45, 7) is 18.6. The summed E-state index contributed by atoms with van der Waals surface area (Å²) in [5.74, 6) is 0. The number of rotatable bonds is 4. The topological polar surface area (TPSA) is 29.5 Å². The van der Waals surface area contributed by atoms with E-state index >= 15 is 0 Å². The Bertz CT molecular complexity index is 226. The van der Waals surface area contributed by atoms with Gasteiger partial charge in [-0.2, -0.15) is 0 Å². The molecule has 3 heteroatoms. The highest BCUT2D eigenvalue weighted by Gasteiger charge is 2.38. The molecule has 0 fully saturated rings. The molecular formula is C12H26O2Si. The fourth-order valence-corrected chi connectivity index (χ4v) is 2.42. The average molecular weight is 230 g/mol. The molecule has 0 radical (unpaired) electrons. The van der Waals surface area contributed by atoms with E-state index in [4.69, 9.17) is 4.43 Å². The first-order valence-corrected chi connectivity index (χ1v) is 8.44. The smallest absolute Gasteiger partial charge is 0.192 e. The van der Waals surface area contributed by atoms with Crippen LogP contribution in [-0.2, 0) is 4.43 Å². The van der Waals surface area contributed by atoms with Gasteiger partial charge in [-0.15, -0.1) is 0 Å². The van der Waals surface area contributed by atoms with Crippen LogP contribution in [-0.4, -0.2) is 25.6 Å². The van der Waals surface area contributed by atoms with E-state index in [9.17, 15) is 5.11 Å². The number of hydrogen-bond acceptors (Lipinski definition) is 2. The van der Waals surface area contributed by atoms with Gasteiger partial charge in [0.05, 0.1) is 12.2 Å². The second-order valence-electron chi connectivity index (χ2n) is 5.77. The molecule has 90 valence electrons. The molecule has 0 aromatic heterocycles. The van der Waals surface area contributed by atoms with Crippen LogP contribution in [0.2, 0.25) is 18.1 Å². The summed E-state index contributed by atoms with van der Waals surface area (Å²) in [6.07, 6.45) is -0.560. The van der Waals surface area contributed by atoms with E-state index in [2.05, 4.69) is 40.4 Å². The maximum absolute atomic E-state index is 9.43. The van der Waals surface area contributed by atoms with Crippen LogP contribution in [0.5, 0.6) is 0 Å². The van der Waals surface area contributed by atoms with Crippen molar-refractivity contribution in [2.45, 2.75) is 65.0 Å². The molecule has 0 rings (SSSR count). The molecule has 15 heavy (non-hydrogen) atoms. The van der Waals surface area contributed by atoms with Gasteiger partial charge in [-0.05, 0) is 37.6 Å². The van der Waals surface area contributed by atoms with Crippen molar-refractivity contribution in [1.82, 2.24) is 0 Å². The maximum Gasteiger partial charge on any atom is 0.192 e. The zero-order valence-electron chi connectivity index (χ0n) is 11.2. The summed E-state index contributed by atoms with van der Waals surface area (Å²) >= 11 is 0. The minimum absolute atomic E-state index is 0.0640. The van der Waals surface area contributed by atoms with Crippen molar-refractivity contribution in [3.8, 4) is 0 Å². The molecule has 0 bridgehead atoms. The second kappa shape index (κ2) is 4.81. The van der Waals surface area contributed by atoms with Gasteiger partial charge in [0.1, 0.15) is 0 Å². The Balaban J connectivity index is 4.54. The highest BCUT2D eigenvalue weighted by atomic mass is 28.4. The summed E-state index contributed by atoms with van der Waals surface area (Å²) in [5.41, 5.74) is 0.764. The van der Waals surface area contributed by atoms with Gasteiger partial charge in [0, 0.05) is 0 Å². The van der Waals surface area contributed by atoms with Crippen molar-refractivity contribution in [2.24, 2.45) is 0 Å². The Morgan fingerprint density at radius 1 is 1.27 bits per heavy atom. The van der Waals surface area contributed by atoms with Gasteiger partial charge in [0.25, 0.3) is 0 Å². The largest absolute Gasteiger partial charge is 0.410 e.